The number of rotatable bonds is 5. The lowest BCUT2D eigenvalue weighted by Gasteiger charge is -2.30. The number of amides is 3. The van der Waals surface area contributed by atoms with Crippen molar-refractivity contribution in [2.45, 2.75) is 19.4 Å². The van der Waals surface area contributed by atoms with Gasteiger partial charge >= 0.3 is 0 Å². The molecule has 0 aromatic heterocycles. The summed E-state index contributed by atoms with van der Waals surface area (Å²) in [7, 11) is 0. The van der Waals surface area contributed by atoms with Gasteiger partial charge in [-0.3, -0.25) is 24.5 Å². The minimum Gasteiger partial charge on any atom is -0.272 e. The van der Waals surface area contributed by atoms with E-state index in [9.17, 15) is 24.5 Å². The lowest BCUT2D eigenvalue weighted by atomic mass is 9.85. The van der Waals surface area contributed by atoms with E-state index in [4.69, 9.17) is 23.2 Å². The van der Waals surface area contributed by atoms with Crippen LogP contribution in [-0.4, -0.2) is 32.7 Å². The number of nitro benzene ring substituents is 1. The van der Waals surface area contributed by atoms with Crippen LogP contribution in [0.4, 0.5) is 5.69 Å². The van der Waals surface area contributed by atoms with E-state index in [1.807, 2.05) is 12.2 Å². The highest BCUT2D eigenvalue weighted by Crippen LogP contribution is 2.37. The molecule has 0 N–H and O–H groups in total. The molecule has 3 amide bonds. The second-order valence-corrected chi connectivity index (χ2v) is 8.34. The summed E-state index contributed by atoms with van der Waals surface area (Å²) in [5.74, 6) is -2.98. The van der Waals surface area contributed by atoms with E-state index in [-0.39, 0.29) is 17.1 Å². The van der Waals surface area contributed by atoms with Crippen molar-refractivity contribution in [2.24, 2.45) is 11.8 Å². The molecule has 1 fully saturated rings. The van der Waals surface area contributed by atoms with Crippen LogP contribution < -0.4 is 0 Å². The average Bonchev–Trinajstić information content (AvgIpc) is 3.04. The Morgan fingerprint density at radius 1 is 1.03 bits per heavy atom. The molecule has 1 aliphatic heterocycles. The second kappa shape index (κ2) is 8.72. The first-order valence-corrected chi connectivity index (χ1v) is 10.6. The topological polar surface area (TPSA) is 101 Å². The molecule has 0 radical (unpaired) electrons. The lowest BCUT2D eigenvalue weighted by molar-refractivity contribution is -0.385. The summed E-state index contributed by atoms with van der Waals surface area (Å²) < 4.78 is 0. The highest BCUT2D eigenvalue weighted by Gasteiger charge is 2.51. The predicted octanol–water partition coefficient (Wildman–Crippen LogP) is 4.41. The van der Waals surface area contributed by atoms with E-state index >= 15 is 0 Å². The second-order valence-electron chi connectivity index (χ2n) is 7.53. The van der Waals surface area contributed by atoms with Gasteiger partial charge in [0.05, 0.1) is 33.3 Å². The van der Waals surface area contributed by atoms with Gasteiger partial charge in [-0.05, 0) is 36.6 Å². The molecule has 2 aromatic carbocycles. The Balaban J connectivity index is 1.77. The van der Waals surface area contributed by atoms with E-state index in [2.05, 4.69) is 0 Å². The number of benzene rings is 2. The maximum Gasteiger partial charge on any atom is 0.282 e. The third-order valence-electron chi connectivity index (χ3n) is 5.61. The summed E-state index contributed by atoms with van der Waals surface area (Å²) in [6.07, 6.45) is 4.46. The molecule has 32 heavy (non-hydrogen) atoms. The minimum absolute atomic E-state index is 0.202. The Bertz CT molecular complexity index is 1140. The van der Waals surface area contributed by atoms with Gasteiger partial charge in [0.25, 0.3) is 23.4 Å². The van der Waals surface area contributed by atoms with Crippen molar-refractivity contribution in [3.8, 4) is 0 Å². The van der Waals surface area contributed by atoms with Crippen molar-refractivity contribution < 1.29 is 19.3 Å². The van der Waals surface area contributed by atoms with E-state index in [0.717, 1.165) is 10.0 Å². The summed E-state index contributed by atoms with van der Waals surface area (Å²) in [6, 6.07) is 10.1. The molecule has 0 spiro atoms. The fourth-order valence-corrected chi connectivity index (χ4v) is 4.34. The molecule has 2 atom stereocenters. The molecule has 0 saturated carbocycles. The Hall–Kier alpha value is -3.23. The highest BCUT2D eigenvalue weighted by atomic mass is 35.5. The molecule has 10 heteroatoms. The van der Waals surface area contributed by atoms with E-state index in [0.29, 0.717) is 23.4 Å². The van der Waals surface area contributed by atoms with Crippen molar-refractivity contribution in [1.29, 1.82) is 0 Å². The van der Waals surface area contributed by atoms with Crippen LogP contribution in [0.3, 0.4) is 0 Å². The molecule has 4 rings (SSSR count). The number of nitrogens with zero attached hydrogens (tertiary/aromatic N) is 3. The number of carbonyl (C=O) groups excluding carboxylic acids is 3. The van der Waals surface area contributed by atoms with Crippen LogP contribution in [0.5, 0.6) is 0 Å². The molecule has 0 bridgehead atoms. The number of imide groups is 1. The maximum atomic E-state index is 13.5. The van der Waals surface area contributed by atoms with Crippen molar-refractivity contribution in [3.63, 3.8) is 0 Å². The molecule has 0 unspecified atom stereocenters. The Morgan fingerprint density at radius 3 is 2.25 bits per heavy atom. The summed E-state index contributed by atoms with van der Waals surface area (Å²) in [5, 5.41) is 13.8. The van der Waals surface area contributed by atoms with Crippen LogP contribution in [0, 0.1) is 22.0 Å². The zero-order valence-electron chi connectivity index (χ0n) is 16.6. The number of allylic oxidation sites excluding steroid dienone is 2. The summed E-state index contributed by atoms with van der Waals surface area (Å²) in [4.78, 5) is 50.6. The third kappa shape index (κ3) is 3.87. The average molecular weight is 474 g/mol. The number of fused-ring (bicyclic) bond motifs is 1. The molecule has 8 nitrogen and oxygen atoms in total. The summed E-state index contributed by atoms with van der Waals surface area (Å²) >= 11 is 12.1. The number of hydrogen-bond acceptors (Lipinski definition) is 5. The first kappa shape index (κ1) is 22.0. The lowest BCUT2D eigenvalue weighted by Crippen LogP contribution is -2.50. The summed E-state index contributed by atoms with van der Waals surface area (Å²) in [6.45, 7) is -0.202. The smallest absolute Gasteiger partial charge is 0.272 e. The van der Waals surface area contributed by atoms with Gasteiger partial charge in [0.15, 0.2) is 0 Å². The van der Waals surface area contributed by atoms with Crippen LogP contribution in [0.1, 0.15) is 28.8 Å². The fraction of sp³-hybridized carbons (Fsp3) is 0.227. The predicted molar refractivity (Wildman–Crippen MR) is 117 cm³/mol. The van der Waals surface area contributed by atoms with E-state index < -0.39 is 40.2 Å². The van der Waals surface area contributed by atoms with Crippen molar-refractivity contribution in [2.75, 3.05) is 0 Å². The molecule has 2 aliphatic rings. The number of hydrazine groups is 1. The SMILES string of the molecule is O=C(c1ccccc1[N+](=O)[O-])N(Cc1ccc(Cl)c(Cl)c1)N1C(=O)[C@H]2CC=CC[C@@H]2C1=O. The van der Waals surface area contributed by atoms with E-state index in [1.165, 1.54) is 36.4 Å². The van der Waals surface area contributed by atoms with Crippen LogP contribution in [0.15, 0.2) is 54.6 Å². The number of halogens is 2. The van der Waals surface area contributed by atoms with Gasteiger partial charge in [0.2, 0.25) is 0 Å². The molecule has 1 aliphatic carbocycles. The largest absolute Gasteiger partial charge is 0.282 e. The number of para-hydroxylation sites is 1. The van der Waals surface area contributed by atoms with Crippen LogP contribution in [0.2, 0.25) is 10.0 Å². The van der Waals surface area contributed by atoms with Gasteiger partial charge in [-0.1, -0.05) is 53.6 Å². The van der Waals surface area contributed by atoms with Crippen molar-refractivity contribution in [1.82, 2.24) is 10.0 Å². The number of hydrogen-bond donors (Lipinski definition) is 0. The molecule has 164 valence electrons. The zero-order valence-corrected chi connectivity index (χ0v) is 18.1. The molecule has 1 saturated heterocycles. The highest BCUT2D eigenvalue weighted by molar-refractivity contribution is 6.42. The molecular weight excluding hydrogens is 457 g/mol. The van der Waals surface area contributed by atoms with Gasteiger partial charge in [0, 0.05) is 6.07 Å². The normalized spacial score (nSPS) is 19.8. The van der Waals surface area contributed by atoms with Gasteiger partial charge in [-0.2, -0.15) is 5.01 Å². The van der Waals surface area contributed by atoms with Gasteiger partial charge in [-0.15, -0.1) is 0 Å². The standard InChI is InChI=1S/C22H17Cl2N3O5/c23-17-10-9-13(11-18(17)24)12-25(20(28)16-7-3-4-8-19(16)27(31)32)26-21(29)14-5-1-2-6-15(14)22(26)30/h1-4,7-11,14-15H,5-6,12H2/t14-,15-/m0/s1. The third-order valence-corrected chi connectivity index (χ3v) is 6.35. The van der Waals surface area contributed by atoms with Gasteiger partial charge in [0.1, 0.15) is 5.56 Å². The fourth-order valence-electron chi connectivity index (χ4n) is 4.02. The quantitative estimate of drug-likeness (QED) is 0.277. The van der Waals surface area contributed by atoms with Crippen LogP contribution in [-0.2, 0) is 16.1 Å². The number of carbonyl (C=O) groups is 3. The van der Waals surface area contributed by atoms with Gasteiger partial charge < -0.3 is 0 Å². The molecule has 1 heterocycles. The van der Waals surface area contributed by atoms with Crippen molar-refractivity contribution in [3.05, 3.63) is 85.9 Å². The summed E-state index contributed by atoms with van der Waals surface area (Å²) in [5.41, 5.74) is -0.152. The van der Waals surface area contributed by atoms with Crippen molar-refractivity contribution >= 4 is 46.6 Å². The van der Waals surface area contributed by atoms with E-state index in [1.54, 1.807) is 6.07 Å². The van der Waals surface area contributed by atoms with Crippen LogP contribution in [0.25, 0.3) is 0 Å². The molecule has 2 aromatic rings. The van der Waals surface area contributed by atoms with Crippen LogP contribution >= 0.6 is 23.2 Å². The first-order valence-electron chi connectivity index (χ1n) is 9.81. The molecular formula is C22H17Cl2N3O5. The first-order chi connectivity index (χ1) is 15.3. The number of nitro groups is 1. The Labute approximate surface area is 193 Å². The zero-order chi connectivity index (χ0) is 23.0. The maximum absolute atomic E-state index is 13.5. The Kier molecular flexibility index (Phi) is 5.99. The van der Waals surface area contributed by atoms with Gasteiger partial charge in [-0.25, -0.2) is 5.01 Å². The monoisotopic (exact) mass is 473 g/mol. The Morgan fingerprint density at radius 2 is 1.66 bits per heavy atom. The minimum atomic E-state index is -0.836.